The van der Waals surface area contributed by atoms with E-state index in [1.807, 2.05) is 0 Å². The van der Waals surface area contributed by atoms with Gasteiger partial charge in [-0.3, -0.25) is 0 Å². The monoisotopic (exact) mass is 615 g/mol. The zero-order valence-corrected chi connectivity index (χ0v) is 27.3. The fraction of sp³-hybridized carbons (Fsp3) is 0.455. The molecule has 0 atom stereocenters. The van der Waals surface area contributed by atoms with Crippen molar-refractivity contribution in [3.8, 4) is 0 Å². The molecule has 3 rings (SSSR count). The molecule has 0 amide bonds. The summed E-state index contributed by atoms with van der Waals surface area (Å²) in [4.78, 5) is 0. The van der Waals surface area contributed by atoms with Crippen molar-refractivity contribution in [3.63, 3.8) is 0 Å². The summed E-state index contributed by atoms with van der Waals surface area (Å²) in [5.74, 6) is 0. The molecule has 0 fully saturated rings. The van der Waals surface area contributed by atoms with E-state index in [0.29, 0.717) is 0 Å². The molecule has 5 heteroatoms. The molecular formula is C33H48BrNOP2. The number of unbranched alkanes of at least 4 members (excludes halogenated alkanes) is 5. The predicted molar refractivity (Wildman–Crippen MR) is 177 cm³/mol. The normalized spacial score (nSPS) is 13.7. The average Bonchev–Trinajstić information content (AvgIpc) is 2.97. The summed E-state index contributed by atoms with van der Waals surface area (Å²) in [6.07, 6.45) is 9.95. The second-order valence-electron chi connectivity index (χ2n) is 11.0. The van der Waals surface area contributed by atoms with Crippen LogP contribution in [0.2, 0.25) is 0 Å². The molecule has 1 N–H and O–H groups in total. The van der Waals surface area contributed by atoms with Crippen LogP contribution in [0.15, 0.2) is 91.0 Å². The first-order chi connectivity index (χ1) is 18.2. The molecule has 0 spiro atoms. The summed E-state index contributed by atoms with van der Waals surface area (Å²) in [6, 6.07) is 33.3. The van der Waals surface area contributed by atoms with Gasteiger partial charge in [0.05, 0.1) is 0 Å². The molecule has 0 unspecified atom stereocenters. The molecule has 0 aliphatic rings. The third-order valence-corrected chi connectivity index (χ3v) is 22.8. The molecule has 3 aromatic carbocycles. The Labute approximate surface area is 240 Å². The van der Waals surface area contributed by atoms with Gasteiger partial charge in [0, 0.05) is 0 Å². The van der Waals surface area contributed by atoms with Gasteiger partial charge >= 0.3 is 227 Å². The Bertz CT molecular complexity index is 1040. The van der Waals surface area contributed by atoms with Crippen LogP contribution in [0.5, 0.6) is 0 Å². The van der Waals surface area contributed by atoms with Gasteiger partial charge in [-0.15, -0.1) is 0 Å². The van der Waals surface area contributed by atoms with Gasteiger partial charge in [-0.1, -0.05) is 13.8 Å². The SMILES string of the molecule is CCP(=O)(CC)C(C)(C)NCCCCCCCCP(Br)(c1ccccc1)(c1ccccc1)c1ccccc1. The zero-order chi connectivity index (χ0) is 27.6. The summed E-state index contributed by atoms with van der Waals surface area (Å²) in [7, 11) is -2.17. The van der Waals surface area contributed by atoms with Crippen LogP contribution < -0.4 is 21.2 Å². The van der Waals surface area contributed by atoms with Crippen LogP contribution in [0.4, 0.5) is 0 Å². The minimum absolute atomic E-state index is 0.263. The van der Waals surface area contributed by atoms with E-state index in [-0.39, 0.29) is 5.28 Å². The third kappa shape index (κ3) is 6.72. The maximum atomic E-state index is 13.2. The molecular weight excluding hydrogens is 568 g/mol. The summed E-state index contributed by atoms with van der Waals surface area (Å²) < 4.78 is 13.2. The molecule has 0 aliphatic carbocycles. The quantitative estimate of drug-likeness (QED) is 0.129. The van der Waals surface area contributed by atoms with Crippen LogP contribution in [0.25, 0.3) is 0 Å². The van der Waals surface area contributed by atoms with Crippen molar-refractivity contribution in [3.05, 3.63) is 91.0 Å². The Morgan fingerprint density at radius 3 is 1.42 bits per heavy atom. The average molecular weight is 617 g/mol. The van der Waals surface area contributed by atoms with Crippen molar-refractivity contribution < 1.29 is 4.57 Å². The van der Waals surface area contributed by atoms with E-state index in [1.165, 1.54) is 48.0 Å². The van der Waals surface area contributed by atoms with E-state index >= 15 is 0 Å². The van der Waals surface area contributed by atoms with Crippen LogP contribution >= 0.6 is 27.9 Å². The van der Waals surface area contributed by atoms with Crippen molar-refractivity contribution in [2.24, 2.45) is 0 Å². The molecule has 0 heterocycles. The van der Waals surface area contributed by atoms with Crippen molar-refractivity contribution in [1.82, 2.24) is 5.32 Å². The first-order valence-corrected chi connectivity index (χ1v) is 21.0. The Balaban J connectivity index is 1.63. The van der Waals surface area contributed by atoms with E-state index in [4.69, 9.17) is 0 Å². The standard InChI is InChI=1S/C33H48BrNOP2/c1-5-37(36,6-2)33(3,4)35-28-20-9-7-8-10-21-29-38(34,30-22-14-11-15-23-30,31-24-16-12-17-25-31)32-26-18-13-19-27-32/h11-19,22-27,35H,5-10,20-21,28-29H2,1-4H3. The fourth-order valence-corrected chi connectivity index (χ4v) is 16.0. The van der Waals surface area contributed by atoms with Gasteiger partial charge in [0.15, 0.2) is 0 Å². The van der Waals surface area contributed by atoms with Gasteiger partial charge in [-0.05, 0) is 0 Å². The Morgan fingerprint density at radius 2 is 1.03 bits per heavy atom. The van der Waals surface area contributed by atoms with E-state index in [2.05, 4.69) is 139 Å². The first-order valence-electron chi connectivity index (χ1n) is 14.4. The van der Waals surface area contributed by atoms with Crippen molar-refractivity contribution >= 4 is 43.9 Å². The van der Waals surface area contributed by atoms with Crippen molar-refractivity contribution in [2.45, 2.75) is 71.5 Å². The minimum atomic E-state index is -2.79. The molecule has 2 nitrogen and oxygen atoms in total. The van der Waals surface area contributed by atoms with E-state index < -0.39 is 12.4 Å². The molecule has 0 radical (unpaired) electrons. The second kappa shape index (κ2) is 13.9. The second-order valence-corrected chi connectivity index (χ2v) is 24.3. The molecule has 208 valence electrons. The molecule has 0 saturated carbocycles. The van der Waals surface area contributed by atoms with Gasteiger partial charge in [0.25, 0.3) is 0 Å². The van der Waals surface area contributed by atoms with Gasteiger partial charge < -0.3 is 0 Å². The first kappa shape index (κ1) is 31.3. The van der Waals surface area contributed by atoms with Crippen LogP contribution in [-0.2, 0) is 4.57 Å². The number of nitrogens with one attached hydrogen (secondary N) is 1. The Morgan fingerprint density at radius 1 is 0.658 bits per heavy atom. The number of halogens is 1. The third-order valence-electron chi connectivity index (χ3n) is 8.49. The molecule has 0 aliphatic heterocycles. The Hall–Kier alpha value is -1.24. The maximum absolute atomic E-state index is 13.2. The number of rotatable bonds is 16. The zero-order valence-electron chi connectivity index (χ0n) is 23.9. The molecule has 3 aromatic rings. The van der Waals surface area contributed by atoms with E-state index in [9.17, 15) is 4.57 Å². The van der Waals surface area contributed by atoms with E-state index in [0.717, 1.165) is 31.5 Å². The van der Waals surface area contributed by atoms with Crippen LogP contribution in [0.3, 0.4) is 0 Å². The van der Waals surface area contributed by atoms with Gasteiger partial charge in [-0.25, -0.2) is 0 Å². The van der Waals surface area contributed by atoms with E-state index in [1.54, 1.807) is 0 Å². The van der Waals surface area contributed by atoms with Crippen molar-refractivity contribution in [1.29, 1.82) is 0 Å². The van der Waals surface area contributed by atoms with Crippen molar-refractivity contribution in [2.75, 3.05) is 25.0 Å². The molecule has 0 aromatic heterocycles. The fourth-order valence-electron chi connectivity index (χ4n) is 5.84. The molecule has 38 heavy (non-hydrogen) atoms. The number of hydrogen-bond donors (Lipinski definition) is 1. The van der Waals surface area contributed by atoms with Crippen LogP contribution in [-0.4, -0.2) is 30.3 Å². The number of hydrogen-bond acceptors (Lipinski definition) is 2. The van der Waals surface area contributed by atoms with Gasteiger partial charge in [0.2, 0.25) is 0 Å². The summed E-state index contributed by atoms with van der Waals surface area (Å²) >= 11 is 4.57. The van der Waals surface area contributed by atoms with Crippen LogP contribution in [0.1, 0.15) is 66.2 Å². The molecule has 0 bridgehead atoms. The summed E-state index contributed by atoms with van der Waals surface area (Å²) in [5, 5.41) is 4.78. The summed E-state index contributed by atoms with van der Waals surface area (Å²) in [6.45, 7) is 9.33. The van der Waals surface area contributed by atoms with Gasteiger partial charge in [-0.2, -0.15) is 0 Å². The topological polar surface area (TPSA) is 29.1 Å². The number of benzene rings is 3. The molecule has 0 saturated heterocycles. The van der Waals surface area contributed by atoms with Crippen LogP contribution in [0, 0.1) is 0 Å². The summed E-state index contributed by atoms with van der Waals surface area (Å²) in [5.41, 5.74) is 0. The Kier molecular flexibility index (Phi) is 11.4. The van der Waals surface area contributed by atoms with Gasteiger partial charge in [0.1, 0.15) is 0 Å². The predicted octanol–water partition coefficient (Wildman–Crippen LogP) is 8.90.